The summed E-state index contributed by atoms with van der Waals surface area (Å²) in [4.78, 5) is 48.7. The first-order valence-corrected chi connectivity index (χ1v) is 12.9. The summed E-state index contributed by atoms with van der Waals surface area (Å²) in [6.07, 6.45) is 4.07. The van der Waals surface area contributed by atoms with Gasteiger partial charge in [0.1, 0.15) is 11.5 Å². The molecule has 42 heavy (non-hydrogen) atoms. The van der Waals surface area contributed by atoms with E-state index in [1.54, 1.807) is 84.9 Å². The first-order chi connectivity index (χ1) is 20.3. The number of anilines is 1. The summed E-state index contributed by atoms with van der Waals surface area (Å²) >= 11 is 0. The van der Waals surface area contributed by atoms with Crippen LogP contribution in [0.1, 0.15) is 44.3 Å². The molecule has 0 aliphatic heterocycles. The van der Waals surface area contributed by atoms with Crippen molar-refractivity contribution in [1.82, 2.24) is 5.43 Å². The van der Waals surface area contributed by atoms with Crippen LogP contribution in [0.2, 0.25) is 0 Å². The van der Waals surface area contributed by atoms with Gasteiger partial charge in [-0.1, -0.05) is 48.0 Å². The van der Waals surface area contributed by atoms with E-state index in [-0.39, 0.29) is 11.7 Å². The summed E-state index contributed by atoms with van der Waals surface area (Å²) in [6.45, 7) is 3.32. The van der Waals surface area contributed by atoms with E-state index in [0.717, 1.165) is 5.56 Å². The van der Waals surface area contributed by atoms with Gasteiger partial charge in [0.2, 0.25) is 5.91 Å². The van der Waals surface area contributed by atoms with Crippen LogP contribution in [0, 0.1) is 6.92 Å². The van der Waals surface area contributed by atoms with E-state index in [9.17, 15) is 19.2 Å². The Morgan fingerprint density at radius 2 is 1.31 bits per heavy atom. The molecule has 4 aromatic rings. The zero-order valence-corrected chi connectivity index (χ0v) is 22.9. The summed E-state index contributed by atoms with van der Waals surface area (Å²) in [5.74, 6) is -1.33. The molecule has 210 valence electrons. The van der Waals surface area contributed by atoms with Gasteiger partial charge in [-0.05, 0) is 67.6 Å². The van der Waals surface area contributed by atoms with E-state index < -0.39 is 17.8 Å². The van der Waals surface area contributed by atoms with Crippen LogP contribution in [0.25, 0.3) is 6.08 Å². The van der Waals surface area contributed by atoms with Gasteiger partial charge in [-0.2, -0.15) is 5.10 Å². The summed E-state index contributed by atoms with van der Waals surface area (Å²) in [5, 5.41) is 6.59. The summed E-state index contributed by atoms with van der Waals surface area (Å²) in [5.41, 5.74) is 5.73. The molecular formula is C33H27N3O6. The molecule has 4 aromatic carbocycles. The van der Waals surface area contributed by atoms with Crippen LogP contribution in [0.15, 0.2) is 108 Å². The average molecular weight is 562 g/mol. The minimum Gasteiger partial charge on any atom is -0.423 e. The van der Waals surface area contributed by atoms with Gasteiger partial charge in [0.25, 0.3) is 5.91 Å². The van der Waals surface area contributed by atoms with Crippen molar-refractivity contribution in [2.75, 3.05) is 5.32 Å². The number of amides is 2. The smallest absolute Gasteiger partial charge is 0.343 e. The Bertz CT molecular complexity index is 1660. The number of esters is 2. The van der Waals surface area contributed by atoms with Crippen molar-refractivity contribution < 1.29 is 28.7 Å². The van der Waals surface area contributed by atoms with Crippen molar-refractivity contribution in [3.8, 4) is 11.5 Å². The van der Waals surface area contributed by atoms with Crippen LogP contribution in [0.3, 0.4) is 0 Å². The number of aryl methyl sites for hydroxylation is 1. The van der Waals surface area contributed by atoms with E-state index in [4.69, 9.17) is 9.47 Å². The zero-order chi connectivity index (χ0) is 29.9. The number of rotatable bonds is 9. The zero-order valence-electron chi connectivity index (χ0n) is 22.9. The highest BCUT2D eigenvalue weighted by atomic mass is 16.5. The first kappa shape index (κ1) is 29.2. The predicted molar refractivity (Wildman–Crippen MR) is 159 cm³/mol. The number of hydrazone groups is 1. The van der Waals surface area contributed by atoms with Crippen molar-refractivity contribution >= 4 is 41.7 Å². The molecule has 0 heterocycles. The van der Waals surface area contributed by atoms with E-state index in [1.807, 2.05) is 19.1 Å². The number of carbonyl (C=O) groups is 4. The fourth-order valence-corrected chi connectivity index (χ4v) is 3.67. The molecule has 0 saturated carbocycles. The van der Waals surface area contributed by atoms with E-state index in [0.29, 0.717) is 33.7 Å². The van der Waals surface area contributed by atoms with Gasteiger partial charge in [-0.15, -0.1) is 0 Å². The van der Waals surface area contributed by atoms with Gasteiger partial charge in [-0.3, -0.25) is 9.59 Å². The molecule has 0 radical (unpaired) electrons. The molecule has 2 N–H and O–H groups in total. The Hall–Kier alpha value is -5.83. The highest BCUT2D eigenvalue weighted by Gasteiger charge is 2.11. The van der Waals surface area contributed by atoms with Gasteiger partial charge in [0.05, 0.1) is 11.8 Å². The standard InChI is InChI=1S/C33H27N3O6/c1-22-11-13-26(14-12-22)33(40)42-29-9-5-3-7-24(29)17-20-31(38)41-30-10-6-4-8-27(30)21-34-36-32(39)25-15-18-28(19-16-25)35-23(2)37/h3-21H,1-2H3,(H,35,37)(H,36,39)/b20-17+,34-21+. The van der Waals surface area contributed by atoms with Gasteiger partial charge in [0.15, 0.2) is 0 Å². The number of nitrogens with one attached hydrogen (secondary N) is 2. The monoisotopic (exact) mass is 561 g/mol. The Balaban J connectivity index is 1.37. The Morgan fingerprint density at radius 1 is 0.714 bits per heavy atom. The number of nitrogens with zero attached hydrogens (tertiary/aromatic N) is 1. The molecule has 0 aliphatic rings. The third kappa shape index (κ3) is 8.33. The van der Waals surface area contributed by atoms with Crippen molar-refractivity contribution in [3.05, 3.63) is 131 Å². The number of hydrogen-bond acceptors (Lipinski definition) is 7. The molecular weight excluding hydrogens is 534 g/mol. The lowest BCUT2D eigenvalue weighted by Gasteiger charge is -2.08. The molecule has 0 aliphatic carbocycles. The quantitative estimate of drug-likeness (QED) is 0.0908. The number of hydrogen-bond donors (Lipinski definition) is 2. The lowest BCUT2D eigenvalue weighted by Crippen LogP contribution is -2.17. The van der Waals surface area contributed by atoms with Crippen molar-refractivity contribution in [2.45, 2.75) is 13.8 Å². The van der Waals surface area contributed by atoms with Gasteiger partial charge >= 0.3 is 11.9 Å². The molecule has 0 saturated heterocycles. The van der Waals surface area contributed by atoms with Crippen LogP contribution >= 0.6 is 0 Å². The van der Waals surface area contributed by atoms with Crippen LogP contribution < -0.4 is 20.2 Å². The maximum atomic E-state index is 12.6. The van der Waals surface area contributed by atoms with E-state index in [1.165, 1.54) is 25.3 Å². The second kappa shape index (κ2) is 14.0. The SMILES string of the molecule is CC(=O)Nc1ccc(C(=O)N/N=C/c2ccccc2OC(=O)/C=C/c2ccccc2OC(=O)c2ccc(C)cc2)cc1. The number of ether oxygens (including phenoxy) is 2. The summed E-state index contributed by atoms with van der Waals surface area (Å²) in [7, 11) is 0. The minimum absolute atomic E-state index is 0.212. The second-order valence-electron chi connectivity index (χ2n) is 9.04. The topological polar surface area (TPSA) is 123 Å². The molecule has 2 amide bonds. The molecule has 0 spiro atoms. The Kier molecular flexibility index (Phi) is 9.72. The Labute approximate surface area is 242 Å². The number of para-hydroxylation sites is 2. The van der Waals surface area contributed by atoms with E-state index in [2.05, 4.69) is 15.8 Å². The Morgan fingerprint density at radius 3 is 1.98 bits per heavy atom. The molecule has 0 atom stereocenters. The van der Waals surface area contributed by atoms with Gasteiger partial charge in [0, 0.05) is 35.4 Å². The largest absolute Gasteiger partial charge is 0.423 e. The van der Waals surface area contributed by atoms with Crippen molar-refractivity contribution in [1.29, 1.82) is 0 Å². The minimum atomic E-state index is -0.668. The highest BCUT2D eigenvalue weighted by Crippen LogP contribution is 2.22. The highest BCUT2D eigenvalue weighted by molar-refractivity contribution is 5.97. The molecule has 9 heteroatoms. The maximum absolute atomic E-state index is 12.6. The van der Waals surface area contributed by atoms with Crippen molar-refractivity contribution in [2.24, 2.45) is 5.10 Å². The number of benzene rings is 4. The lowest BCUT2D eigenvalue weighted by molar-refractivity contribution is -0.128. The number of carbonyl (C=O) groups excluding carboxylic acids is 4. The van der Waals surface area contributed by atoms with Crippen LogP contribution in [0.4, 0.5) is 5.69 Å². The molecule has 0 unspecified atom stereocenters. The van der Waals surface area contributed by atoms with Crippen LogP contribution in [-0.4, -0.2) is 30.0 Å². The first-order valence-electron chi connectivity index (χ1n) is 12.9. The molecule has 0 fully saturated rings. The summed E-state index contributed by atoms with van der Waals surface area (Å²) < 4.78 is 11.0. The normalized spacial score (nSPS) is 10.8. The third-order valence-corrected chi connectivity index (χ3v) is 5.77. The van der Waals surface area contributed by atoms with Gasteiger partial charge < -0.3 is 14.8 Å². The fourth-order valence-electron chi connectivity index (χ4n) is 3.67. The van der Waals surface area contributed by atoms with Crippen LogP contribution in [0.5, 0.6) is 11.5 Å². The fraction of sp³-hybridized carbons (Fsp3) is 0.0606. The summed E-state index contributed by atoms with van der Waals surface area (Å²) in [6, 6.07) is 26.8. The van der Waals surface area contributed by atoms with Crippen LogP contribution in [-0.2, 0) is 9.59 Å². The molecule has 4 rings (SSSR count). The third-order valence-electron chi connectivity index (χ3n) is 5.77. The van der Waals surface area contributed by atoms with Crippen molar-refractivity contribution in [3.63, 3.8) is 0 Å². The molecule has 9 nitrogen and oxygen atoms in total. The molecule has 0 bridgehead atoms. The maximum Gasteiger partial charge on any atom is 0.343 e. The molecule has 0 aromatic heterocycles. The second-order valence-corrected chi connectivity index (χ2v) is 9.04. The average Bonchev–Trinajstić information content (AvgIpc) is 2.98. The predicted octanol–water partition coefficient (Wildman–Crippen LogP) is 5.56. The van der Waals surface area contributed by atoms with E-state index >= 15 is 0 Å². The van der Waals surface area contributed by atoms with Gasteiger partial charge in [-0.25, -0.2) is 15.0 Å². The lowest BCUT2D eigenvalue weighted by atomic mass is 10.1.